The van der Waals surface area contributed by atoms with Crippen molar-refractivity contribution >= 4 is 34.3 Å². The summed E-state index contributed by atoms with van der Waals surface area (Å²) >= 11 is 6.22. The number of nitrogens with one attached hydrogen (secondary N) is 1. The second-order valence-electron chi connectivity index (χ2n) is 7.57. The summed E-state index contributed by atoms with van der Waals surface area (Å²) in [5, 5.41) is 3.33. The van der Waals surface area contributed by atoms with Crippen LogP contribution in [0.3, 0.4) is 0 Å². The number of aryl methyl sites for hydroxylation is 1. The van der Waals surface area contributed by atoms with E-state index >= 15 is 0 Å². The molecule has 5 heteroatoms. The molecule has 1 N–H and O–H groups in total. The predicted octanol–water partition coefficient (Wildman–Crippen LogP) is 7.22. The third kappa shape index (κ3) is 4.10. The van der Waals surface area contributed by atoms with Crippen LogP contribution in [0, 0.1) is 6.92 Å². The number of hydrogen-bond acceptors (Lipinski definition) is 3. The van der Waals surface area contributed by atoms with E-state index in [2.05, 4.69) is 36.3 Å². The van der Waals surface area contributed by atoms with Crippen LogP contribution in [-0.2, 0) is 0 Å². The number of benzene rings is 3. The lowest BCUT2D eigenvalue weighted by molar-refractivity contribution is 0.102. The van der Waals surface area contributed by atoms with Gasteiger partial charge in [-0.05, 0) is 72.9 Å². The molecule has 0 fully saturated rings. The molecule has 1 aromatic heterocycles. The van der Waals surface area contributed by atoms with Gasteiger partial charge in [-0.25, -0.2) is 4.98 Å². The number of aromatic nitrogens is 1. The minimum Gasteiger partial charge on any atom is -0.436 e. The standard InChI is InChI=1S/C25H23ClN2O2/c1-4-16(3)17-9-11-23-22(14-17)28-25(30-23)18-6-5-7-19(13-18)27-24(29)20-10-8-15(2)12-21(20)26/h5-14,16H,4H2,1-3H3,(H,27,29)/t16-/m1/s1. The average molecular weight is 419 g/mol. The molecule has 0 radical (unpaired) electrons. The van der Waals surface area contributed by atoms with Crippen molar-refractivity contribution in [1.82, 2.24) is 4.98 Å². The SMILES string of the molecule is CC[C@@H](C)c1ccc2oc(-c3cccc(NC(=O)c4ccc(C)cc4Cl)c3)nc2c1. The van der Waals surface area contributed by atoms with Crippen molar-refractivity contribution < 1.29 is 9.21 Å². The summed E-state index contributed by atoms with van der Waals surface area (Å²) in [7, 11) is 0. The molecule has 0 spiro atoms. The average Bonchev–Trinajstić information content (AvgIpc) is 3.16. The second-order valence-corrected chi connectivity index (χ2v) is 7.98. The van der Waals surface area contributed by atoms with Gasteiger partial charge in [0, 0.05) is 11.3 Å². The number of amides is 1. The van der Waals surface area contributed by atoms with Crippen LogP contribution >= 0.6 is 11.6 Å². The lowest BCUT2D eigenvalue weighted by Crippen LogP contribution is -2.12. The molecule has 1 atom stereocenters. The molecule has 0 bridgehead atoms. The largest absolute Gasteiger partial charge is 0.436 e. The normalized spacial score (nSPS) is 12.1. The second kappa shape index (κ2) is 8.33. The molecule has 4 aromatic rings. The van der Waals surface area contributed by atoms with Crippen molar-refractivity contribution in [3.8, 4) is 11.5 Å². The Balaban J connectivity index is 1.60. The molecular formula is C25H23ClN2O2. The van der Waals surface area contributed by atoms with Gasteiger partial charge >= 0.3 is 0 Å². The van der Waals surface area contributed by atoms with Crippen molar-refractivity contribution in [3.05, 3.63) is 82.4 Å². The van der Waals surface area contributed by atoms with E-state index in [-0.39, 0.29) is 5.91 Å². The summed E-state index contributed by atoms with van der Waals surface area (Å²) in [5.74, 6) is 0.741. The Labute approximate surface area is 180 Å². The van der Waals surface area contributed by atoms with Crippen molar-refractivity contribution in [2.24, 2.45) is 0 Å². The molecule has 1 amide bonds. The summed E-state index contributed by atoms with van der Waals surface area (Å²) in [5.41, 5.74) is 5.72. The highest BCUT2D eigenvalue weighted by atomic mass is 35.5. The van der Waals surface area contributed by atoms with E-state index in [1.54, 1.807) is 12.1 Å². The number of carbonyl (C=O) groups excluding carboxylic acids is 1. The monoisotopic (exact) mass is 418 g/mol. The molecule has 0 saturated heterocycles. The van der Waals surface area contributed by atoms with Crippen LogP contribution in [0.2, 0.25) is 5.02 Å². The zero-order chi connectivity index (χ0) is 21.3. The zero-order valence-corrected chi connectivity index (χ0v) is 18.0. The molecular weight excluding hydrogens is 396 g/mol. The summed E-state index contributed by atoms with van der Waals surface area (Å²) in [4.78, 5) is 17.3. The van der Waals surface area contributed by atoms with E-state index in [1.165, 1.54) is 5.56 Å². The topological polar surface area (TPSA) is 55.1 Å². The van der Waals surface area contributed by atoms with Crippen LogP contribution in [0.5, 0.6) is 0 Å². The summed E-state index contributed by atoms with van der Waals surface area (Å²) in [6, 6.07) is 19.0. The van der Waals surface area contributed by atoms with Gasteiger partial charge < -0.3 is 9.73 Å². The smallest absolute Gasteiger partial charge is 0.257 e. The summed E-state index contributed by atoms with van der Waals surface area (Å²) in [6.45, 7) is 6.31. The van der Waals surface area contributed by atoms with Crippen LogP contribution < -0.4 is 5.32 Å². The lowest BCUT2D eigenvalue weighted by Gasteiger charge is -2.08. The third-order valence-corrected chi connectivity index (χ3v) is 5.64. The number of oxazole rings is 1. The Morgan fingerprint density at radius 2 is 1.97 bits per heavy atom. The van der Waals surface area contributed by atoms with E-state index in [9.17, 15) is 4.79 Å². The van der Waals surface area contributed by atoms with Gasteiger partial charge in [-0.2, -0.15) is 0 Å². The van der Waals surface area contributed by atoms with Gasteiger partial charge in [0.25, 0.3) is 5.91 Å². The first kappa shape index (κ1) is 20.2. The van der Waals surface area contributed by atoms with Crippen LogP contribution in [-0.4, -0.2) is 10.9 Å². The number of hydrogen-bond donors (Lipinski definition) is 1. The van der Waals surface area contributed by atoms with Crippen molar-refractivity contribution in [1.29, 1.82) is 0 Å². The molecule has 1 heterocycles. The van der Waals surface area contributed by atoms with Crippen LogP contribution in [0.25, 0.3) is 22.6 Å². The highest BCUT2D eigenvalue weighted by Gasteiger charge is 2.14. The van der Waals surface area contributed by atoms with Crippen molar-refractivity contribution in [2.45, 2.75) is 33.1 Å². The molecule has 0 aliphatic heterocycles. The molecule has 4 nitrogen and oxygen atoms in total. The maximum absolute atomic E-state index is 12.6. The molecule has 0 saturated carbocycles. The van der Waals surface area contributed by atoms with E-state index in [0.29, 0.717) is 28.1 Å². The molecule has 0 unspecified atom stereocenters. The summed E-state index contributed by atoms with van der Waals surface area (Å²) < 4.78 is 5.95. The number of fused-ring (bicyclic) bond motifs is 1. The van der Waals surface area contributed by atoms with E-state index < -0.39 is 0 Å². The molecule has 0 aliphatic rings. The lowest BCUT2D eigenvalue weighted by atomic mass is 9.98. The predicted molar refractivity (Wildman–Crippen MR) is 122 cm³/mol. The molecule has 4 rings (SSSR count). The van der Waals surface area contributed by atoms with E-state index in [4.69, 9.17) is 16.0 Å². The Morgan fingerprint density at radius 3 is 2.73 bits per heavy atom. The highest BCUT2D eigenvalue weighted by molar-refractivity contribution is 6.34. The highest BCUT2D eigenvalue weighted by Crippen LogP contribution is 2.29. The van der Waals surface area contributed by atoms with Crippen molar-refractivity contribution in [2.75, 3.05) is 5.32 Å². The number of anilines is 1. The minimum absolute atomic E-state index is 0.257. The van der Waals surface area contributed by atoms with E-state index in [0.717, 1.165) is 28.6 Å². The first-order chi connectivity index (χ1) is 14.4. The van der Waals surface area contributed by atoms with Gasteiger partial charge in [0.05, 0.1) is 10.6 Å². The van der Waals surface area contributed by atoms with Gasteiger partial charge in [0.2, 0.25) is 5.89 Å². The quantitative estimate of drug-likeness (QED) is 0.372. The Bertz CT molecular complexity index is 1230. The number of rotatable bonds is 5. The first-order valence-electron chi connectivity index (χ1n) is 10.0. The fourth-order valence-electron chi connectivity index (χ4n) is 3.34. The number of carbonyl (C=O) groups is 1. The van der Waals surface area contributed by atoms with Crippen LogP contribution in [0.4, 0.5) is 5.69 Å². The molecule has 152 valence electrons. The molecule has 3 aromatic carbocycles. The third-order valence-electron chi connectivity index (χ3n) is 5.33. The summed E-state index contributed by atoms with van der Waals surface area (Å²) in [6.07, 6.45) is 1.07. The number of nitrogens with zero attached hydrogens (tertiary/aromatic N) is 1. The van der Waals surface area contributed by atoms with Gasteiger partial charge in [-0.1, -0.05) is 43.6 Å². The molecule has 0 aliphatic carbocycles. The Kier molecular flexibility index (Phi) is 5.60. The fraction of sp³-hybridized carbons (Fsp3) is 0.200. The Morgan fingerprint density at radius 1 is 1.13 bits per heavy atom. The molecule has 30 heavy (non-hydrogen) atoms. The Hall–Kier alpha value is -3.11. The van der Waals surface area contributed by atoms with Gasteiger partial charge in [0.15, 0.2) is 5.58 Å². The van der Waals surface area contributed by atoms with Gasteiger partial charge in [-0.15, -0.1) is 0 Å². The van der Waals surface area contributed by atoms with Crippen LogP contribution in [0.1, 0.15) is 47.7 Å². The number of halogens is 1. The van der Waals surface area contributed by atoms with Gasteiger partial charge in [0.1, 0.15) is 5.52 Å². The van der Waals surface area contributed by atoms with Gasteiger partial charge in [-0.3, -0.25) is 4.79 Å². The van der Waals surface area contributed by atoms with E-state index in [1.807, 2.05) is 43.3 Å². The minimum atomic E-state index is -0.257. The fourth-order valence-corrected chi connectivity index (χ4v) is 3.66. The van der Waals surface area contributed by atoms with Crippen LogP contribution in [0.15, 0.2) is 65.1 Å². The maximum atomic E-state index is 12.6. The zero-order valence-electron chi connectivity index (χ0n) is 17.2. The van der Waals surface area contributed by atoms with Crippen molar-refractivity contribution in [3.63, 3.8) is 0 Å². The maximum Gasteiger partial charge on any atom is 0.257 e. The first-order valence-corrected chi connectivity index (χ1v) is 10.4.